The number of amides is 2. The molecule has 150 valence electrons. The van der Waals surface area contributed by atoms with Crippen LogP contribution in [0.4, 0.5) is 0 Å². The van der Waals surface area contributed by atoms with Gasteiger partial charge >= 0.3 is 0 Å². The first-order chi connectivity index (χ1) is 13.4. The third kappa shape index (κ3) is 3.28. The molecule has 3 heterocycles. The number of para-hydroxylation sites is 1. The fourth-order valence-electron chi connectivity index (χ4n) is 4.87. The standard InChI is InChI=1S/C20H27N5O2S/c1-23(2)11-20-12-24(17(26)10-28-3)8-14(20)9-25(13-20)19(27)18-15-6-4-5-7-16(15)21-22-18/h4-7,14H,8-13H2,1-3H3,(H,21,22). The summed E-state index contributed by atoms with van der Waals surface area (Å²) in [6.07, 6.45) is 1.96. The van der Waals surface area contributed by atoms with Crippen molar-refractivity contribution in [2.24, 2.45) is 11.3 Å². The molecule has 2 unspecified atom stereocenters. The van der Waals surface area contributed by atoms with Gasteiger partial charge in [-0.05, 0) is 26.4 Å². The number of fused-ring (bicyclic) bond motifs is 2. The van der Waals surface area contributed by atoms with Crippen LogP contribution in [0, 0.1) is 11.3 Å². The summed E-state index contributed by atoms with van der Waals surface area (Å²) in [5, 5.41) is 8.11. The summed E-state index contributed by atoms with van der Waals surface area (Å²) < 4.78 is 0. The SMILES string of the molecule is CSCC(=O)N1CC2CN(C(=O)c3n[nH]c4ccccc34)CC2(CN(C)C)C1. The minimum Gasteiger partial charge on any atom is -0.341 e. The molecule has 0 aliphatic carbocycles. The van der Waals surface area contributed by atoms with Crippen molar-refractivity contribution in [1.29, 1.82) is 0 Å². The third-order valence-corrected chi connectivity index (χ3v) is 6.51. The molecule has 2 atom stereocenters. The van der Waals surface area contributed by atoms with Gasteiger partial charge in [-0.15, -0.1) is 0 Å². The predicted octanol–water partition coefficient (Wildman–Crippen LogP) is 1.39. The number of H-pyrrole nitrogens is 1. The molecule has 2 amide bonds. The summed E-state index contributed by atoms with van der Waals surface area (Å²) in [6, 6.07) is 7.72. The monoisotopic (exact) mass is 401 g/mol. The highest BCUT2D eigenvalue weighted by atomic mass is 32.2. The number of nitrogens with one attached hydrogen (secondary N) is 1. The van der Waals surface area contributed by atoms with Gasteiger partial charge in [0.2, 0.25) is 5.91 Å². The van der Waals surface area contributed by atoms with Gasteiger partial charge in [0.05, 0.1) is 11.3 Å². The van der Waals surface area contributed by atoms with Crippen LogP contribution in [0.3, 0.4) is 0 Å². The van der Waals surface area contributed by atoms with Crippen molar-refractivity contribution in [3.63, 3.8) is 0 Å². The van der Waals surface area contributed by atoms with E-state index in [1.807, 2.05) is 40.3 Å². The Hall–Kier alpha value is -2.06. The smallest absolute Gasteiger partial charge is 0.275 e. The fourth-order valence-corrected chi connectivity index (χ4v) is 5.30. The Morgan fingerprint density at radius 1 is 1.25 bits per heavy atom. The zero-order valence-electron chi connectivity index (χ0n) is 16.6. The number of likely N-dealkylation sites (tertiary alicyclic amines) is 2. The molecule has 1 aromatic carbocycles. The Morgan fingerprint density at radius 2 is 1.96 bits per heavy atom. The Morgan fingerprint density at radius 3 is 2.71 bits per heavy atom. The molecule has 2 aliphatic rings. The Labute approximate surface area is 169 Å². The minimum atomic E-state index is -0.0701. The van der Waals surface area contributed by atoms with E-state index in [1.54, 1.807) is 11.8 Å². The van der Waals surface area contributed by atoms with Gasteiger partial charge in [0.15, 0.2) is 5.69 Å². The van der Waals surface area contributed by atoms with E-state index >= 15 is 0 Å². The van der Waals surface area contributed by atoms with E-state index in [0.29, 0.717) is 30.5 Å². The molecule has 0 radical (unpaired) electrons. The summed E-state index contributed by atoms with van der Waals surface area (Å²) in [5.41, 5.74) is 1.30. The highest BCUT2D eigenvalue weighted by Gasteiger charge is 2.54. The molecule has 4 rings (SSSR count). The van der Waals surface area contributed by atoms with E-state index in [1.165, 1.54) is 0 Å². The van der Waals surface area contributed by atoms with Crippen LogP contribution in [0.2, 0.25) is 0 Å². The van der Waals surface area contributed by atoms with Gasteiger partial charge in [0.1, 0.15) is 0 Å². The number of thioether (sulfide) groups is 1. The van der Waals surface area contributed by atoms with Crippen LogP contribution in [-0.2, 0) is 4.79 Å². The van der Waals surface area contributed by atoms with Gasteiger partial charge in [-0.25, -0.2) is 0 Å². The maximum Gasteiger partial charge on any atom is 0.275 e. The van der Waals surface area contributed by atoms with Crippen molar-refractivity contribution in [3.05, 3.63) is 30.0 Å². The zero-order chi connectivity index (χ0) is 19.9. The number of hydrogen-bond donors (Lipinski definition) is 1. The second kappa shape index (κ2) is 7.40. The number of carbonyl (C=O) groups is 2. The van der Waals surface area contributed by atoms with E-state index in [-0.39, 0.29) is 17.2 Å². The largest absolute Gasteiger partial charge is 0.341 e. The van der Waals surface area contributed by atoms with Crippen LogP contribution in [0.25, 0.3) is 10.9 Å². The molecule has 7 nitrogen and oxygen atoms in total. The van der Waals surface area contributed by atoms with Crippen molar-refractivity contribution in [2.45, 2.75) is 0 Å². The number of aromatic amines is 1. The Balaban J connectivity index is 1.56. The second-order valence-electron chi connectivity index (χ2n) is 8.31. The Bertz CT molecular complexity index is 898. The molecule has 0 spiro atoms. The molecule has 2 aliphatic heterocycles. The molecule has 8 heteroatoms. The maximum atomic E-state index is 13.2. The van der Waals surface area contributed by atoms with Crippen LogP contribution < -0.4 is 0 Å². The van der Waals surface area contributed by atoms with E-state index in [9.17, 15) is 9.59 Å². The molecule has 1 N–H and O–H groups in total. The predicted molar refractivity (Wildman–Crippen MR) is 111 cm³/mol. The summed E-state index contributed by atoms with van der Waals surface area (Å²) in [7, 11) is 4.12. The van der Waals surface area contributed by atoms with Crippen LogP contribution in [-0.4, -0.2) is 95.5 Å². The normalized spacial score (nSPS) is 24.4. The fraction of sp³-hybridized carbons (Fsp3) is 0.550. The molecule has 0 saturated carbocycles. The number of benzene rings is 1. The van der Waals surface area contributed by atoms with Crippen LogP contribution in [0.15, 0.2) is 24.3 Å². The van der Waals surface area contributed by atoms with Crippen molar-refractivity contribution in [1.82, 2.24) is 24.9 Å². The summed E-state index contributed by atoms with van der Waals surface area (Å²) in [6.45, 7) is 3.67. The zero-order valence-corrected chi connectivity index (χ0v) is 17.5. The van der Waals surface area contributed by atoms with E-state index in [4.69, 9.17) is 0 Å². The molecular formula is C20H27N5O2S. The number of rotatable bonds is 5. The number of aromatic nitrogens is 2. The van der Waals surface area contributed by atoms with Gasteiger partial charge in [0, 0.05) is 49.4 Å². The highest BCUT2D eigenvalue weighted by Crippen LogP contribution is 2.43. The topological polar surface area (TPSA) is 72.5 Å². The lowest BCUT2D eigenvalue weighted by atomic mass is 9.80. The lowest BCUT2D eigenvalue weighted by Gasteiger charge is -2.32. The molecule has 1 aromatic heterocycles. The van der Waals surface area contributed by atoms with Crippen molar-refractivity contribution in [2.75, 3.05) is 58.8 Å². The molecule has 2 fully saturated rings. The van der Waals surface area contributed by atoms with Crippen LogP contribution in [0.5, 0.6) is 0 Å². The average Bonchev–Trinajstić information content (AvgIpc) is 3.30. The molecule has 2 aromatic rings. The Kier molecular flexibility index (Phi) is 5.09. The molecular weight excluding hydrogens is 374 g/mol. The van der Waals surface area contributed by atoms with Gasteiger partial charge in [0.25, 0.3) is 5.91 Å². The number of hydrogen-bond acceptors (Lipinski definition) is 5. The van der Waals surface area contributed by atoms with Crippen molar-refractivity contribution >= 4 is 34.5 Å². The number of nitrogens with zero attached hydrogens (tertiary/aromatic N) is 4. The van der Waals surface area contributed by atoms with E-state index < -0.39 is 0 Å². The molecule has 0 bridgehead atoms. The van der Waals surface area contributed by atoms with Crippen LogP contribution in [0.1, 0.15) is 10.5 Å². The second-order valence-corrected chi connectivity index (χ2v) is 9.17. The quantitative estimate of drug-likeness (QED) is 0.820. The van der Waals surface area contributed by atoms with Crippen molar-refractivity contribution in [3.8, 4) is 0 Å². The molecule has 28 heavy (non-hydrogen) atoms. The van der Waals surface area contributed by atoms with Gasteiger partial charge in [-0.3, -0.25) is 14.7 Å². The van der Waals surface area contributed by atoms with Gasteiger partial charge in [-0.2, -0.15) is 16.9 Å². The van der Waals surface area contributed by atoms with E-state index in [0.717, 1.165) is 30.5 Å². The first-order valence-electron chi connectivity index (χ1n) is 9.57. The summed E-state index contributed by atoms with van der Waals surface area (Å²) in [5.74, 6) is 1.00. The summed E-state index contributed by atoms with van der Waals surface area (Å²) >= 11 is 1.56. The van der Waals surface area contributed by atoms with Crippen LogP contribution >= 0.6 is 11.8 Å². The average molecular weight is 402 g/mol. The number of carbonyl (C=O) groups excluding carboxylic acids is 2. The first-order valence-corrected chi connectivity index (χ1v) is 11.0. The first kappa shape index (κ1) is 19.3. The van der Waals surface area contributed by atoms with Gasteiger partial charge < -0.3 is 14.7 Å². The highest BCUT2D eigenvalue weighted by molar-refractivity contribution is 7.99. The third-order valence-electron chi connectivity index (χ3n) is 5.97. The molecule has 2 saturated heterocycles. The van der Waals surface area contributed by atoms with E-state index in [2.05, 4.69) is 29.2 Å². The lowest BCUT2D eigenvalue weighted by molar-refractivity contribution is -0.127. The maximum absolute atomic E-state index is 13.2. The van der Waals surface area contributed by atoms with Crippen molar-refractivity contribution < 1.29 is 9.59 Å². The lowest BCUT2D eigenvalue weighted by Crippen LogP contribution is -2.44. The summed E-state index contributed by atoms with van der Waals surface area (Å²) in [4.78, 5) is 31.8. The van der Waals surface area contributed by atoms with Gasteiger partial charge in [-0.1, -0.05) is 18.2 Å². The minimum absolute atomic E-state index is 0.0213.